The third kappa shape index (κ3) is 1.80. The van der Waals surface area contributed by atoms with Gasteiger partial charge in [-0.15, -0.1) is 11.3 Å². The molecule has 4 atom stereocenters. The van der Waals surface area contributed by atoms with Crippen LogP contribution in [0.4, 0.5) is 5.13 Å². The van der Waals surface area contributed by atoms with E-state index in [0.717, 1.165) is 19.3 Å². The molecule has 2 fully saturated rings. The first-order valence-electron chi connectivity index (χ1n) is 6.10. The summed E-state index contributed by atoms with van der Waals surface area (Å²) in [7, 11) is 0. The van der Waals surface area contributed by atoms with Crippen molar-refractivity contribution in [2.24, 2.45) is 23.7 Å². The summed E-state index contributed by atoms with van der Waals surface area (Å²) in [5.74, 6) is -1.49. The number of aliphatic carboxylic acids is 1. The Morgan fingerprint density at radius 2 is 2.06 bits per heavy atom. The predicted molar refractivity (Wildman–Crippen MR) is 66.2 cm³/mol. The van der Waals surface area contributed by atoms with Crippen LogP contribution in [0, 0.1) is 23.7 Å². The molecule has 0 radical (unpaired) electrons. The van der Waals surface area contributed by atoms with Crippen LogP contribution >= 0.6 is 11.3 Å². The number of carbonyl (C=O) groups excluding carboxylic acids is 1. The van der Waals surface area contributed by atoms with Gasteiger partial charge in [-0.1, -0.05) is 0 Å². The lowest BCUT2D eigenvalue weighted by atomic mass is 9.79. The van der Waals surface area contributed by atoms with E-state index in [1.165, 1.54) is 11.3 Å². The van der Waals surface area contributed by atoms with Gasteiger partial charge in [-0.2, -0.15) is 0 Å². The Hall–Kier alpha value is -1.43. The van der Waals surface area contributed by atoms with E-state index in [4.69, 9.17) is 0 Å². The van der Waals surface area contributed by atoms with Crippen LogP contribution in [0.3, 0.4) is 0 Å². The zero-order valence-electron chi connectivity index (χ0n) is 9.70. The van der Waals surface area contributed by atoms with Gasteiger partial charge in [-0.25, -0.2) is 4.98 Å². The quantitative estimate of drug-likeness (QED) is 0.874. The summed E-state index contributed by atoms with van der Waals surface area (Å²) in [5, 5.41) is 14.4. The number of carbonyl (C=O) groups is 2. The molecule has 18 heavy (non-hydrogen) atoms. The predicted octanol–water partition coefficient (Wildman–Crippen LogP) is 1.83. The average molecular weight is 266 g/mol. The molecule has 2 N–H and O–H groups in total. The summed E-state index contributed by atoms with van der Waals surface area (Å²) >= 11 is 1.35. The van der Waals surface area contributed by atoms with Gasteiger partial charge < -0.3 is 10.4 Å². The van der Waals surface area contributed by atoms with Crippen molar-refractivity contribution in [2.75, 3.05) is 5.32 Å². The van der Waals surface area contributed by atoms with Gasteiger partial charge in [0.05, 0.1) is 11.8 Å². The molecule has 0 unspecified atom stereocenters. The highest BCUT2D eigenvalue weighted by Crippen LogP contribution is 2.52. The highest BCUT2D eigenvalue weighted by molar-refractivity contribution is 7.13. The molecule has 0 spiro atoms. The maximum atomic E-state index is 12.2. The third-order valence-corrected chi connectivity index (χ3v) is 4.86. The largest absolute Gasteiger partial charge is 0.481 e. The summed E-state index contributed by atoms with van der Waals surface area (Å²) in [6, 6.07) is 0. The van der Waals surface area contributed by atoms with E-state index in [1.54, 1.807) is 11.6 Å². The molecule has 2 aliphatic carbocycles. The highest BCUT2D eigenvalue weighted by Gasteiger charge is 2.54. The van der Waals surface area contributed by atoms with Crippen molar-refractivity contribution in [1.29, 1.82) is 0 Å². The molecule has 0 aromatic carbocycles. The van der Waals surface area contributed by atoms with Crippen LogP contribution in [0.15, 0.2) is 11.6 Å². The number of carboxylic acids is 1. The number of fused-ring (bicyclic) bond motifs is 2. The molecule has 2 aliphatic rings. The van der Waals surface area contributed by atoms with Gasteiger partial charge in [0.1, 0.15) is 0 Å². The number of hydrogen-bond donors (Lipinski definition) is 2. The molecule has 2 saturated carbocycles. The standard InChI is InChI=1S/C12H14N2O3S/c15-10(14-12-13-3-4-18-12)8-6-1-2-7(5-6)9(8)11(16)17/h3-4,6-9H,1-2,5H2,(H,16,17)(H,13,14,15)/t6-,7-,8-,9-/m0/s1. The van der Waals surface area contributed by atoms with Gasteiger partial charge in [0.15, 0.2) is 5.13 Å². The van der Waals surface area contributed by atoms with Crippen LogP contribution in [0.5, 0.6) is 0 Å². The second kappa shape index (κ2) is 4.35. The summed E-state index contributed by atoms with van der Waals surface area (Å²) < 4.78 is 0. The summed E-state index contributed by atoms with van der Waals surface area (Å²) in [5.41, 5.74) is 0. The molecule has 96 valence electrons. The minimum Gasteiger partial charge on any atom is -0.481 e. The van der Waals surface area contributed by atoms with Gasteiger partial charge in [-0.05, 0) is 31.1 Å². The topological polar surface area (TPSA) is 79.3 Å². The first-order chi connectivity index (χ1) is 8.66. The molecule has 0 aliphatic heterocycles. The van der Waals surface area contributed by atoms with E-state index in [2.05, 4.69) is 10.3 Å². The van der Waals surface area contributed by atoms with Crippen molar-refractivity contribution >= 4 is 28.3 Å². The number of amides is 1. The number of nitrogens with one attached hydrogen (secondary N) is 1. The van der Waals surface area contributed by atoms with Crippen molar-refractivity contribution in [2.45, 2.75) is 19.3 Å². The Balaban J connectivity index is 1.78. The summed E-state index contributed by atoms with van der Waals surface area (Å²) in [6.45, 7) is 0. The first-order valence-corrected chi connectivity index (χ1v) is 6.98. The van der Waals surface area contributed by atoms with Crippen LogP contribution < -0.4 is 5.32 Å². The molecule has 0 saturated heterocycles. The second-order valence-electron chi connectivity index (χ2n) is 5.05. The summed E-state index contributed by atoms with van der Waals surface area (Å²) in [4.78, 5) is 27.5. The molecule has 3 rings (SSSR count). The number of aromatic nitrogens is 1. The van der Waals surface area contributed by atoms with Crippen molar-refractivity contribution in [3.8, 4) is 0 Å². The maximum absolute atomic E-state index is 12.2. The zero-order valence-corrected chi connectivity index (χ0v) is 10.5. The monoisotopic (exact) mass is 266 g/mol. The van der Waals surface area contributed by atoms with E-state index >= 15 is 0 Å². The van der Waals surface area contributed by atoms with Gasteiger partial charge in [-0.3, -0.25) is 9.59 Å². The Bertz CT molecular complexity index is 474. The van der Waals surface area contributed by atoms with Crippen LogP contribution in [0.2, 0.25) is 0 Å². The Morgan fingerprint density at radius 3 is 2.67 bits per heavy atom. The Kier molecular flexibility index (Phi) is 2.81. The lowest BCUT2D eigenvalue weighted by molar-refractivity contribution is -0.148. The van der Waals surface area contributed by atoms with E-state index in [0.29, 0.717) is 5.13 Å². The van der Waals surface area contributed by atoms with Crippen LogP contribution in [0.25, 0.3) is 0 Å². The van der Waals surface area contributed by atoms with Crippen molar-refractivity contribution in [3.63, 3.8) is 0 Å². The smallest absolute Gasteiger partial charge is 0.307 e. The molecular formula is C12H14N2O3S. The first kappa shape index (κ1) is 11.6. The molecule has 5 nitrogen and oxygen atoms in total. The van der Waals surface area contributed by atoms with E-state index in [1.807, 2.05) is 0 Å². The highest BCUT2D eigenvalue weighted by atomic mass is 32.1. The van der Waals surface area contributed by atoms with Crippen molar-refractivity contribution in [3.05, 3.63) is 11.6 Å². The number of hydrogen-bond acceptors (Lipinski definition) is 4. The van der Waals surface area contributed by atoms with Crippen molar-refractivity contribution in [1.82, 2.24) is 4.98 Å². The van der Waals surface area contributed by atoms with E-state index in [-0.39, 0.29) is 23.7 Å². The molecule has 1 aromatic heterocycles. The molecule has 1 heterocycles. The average Bonchev–Trinajstić information content (AvgIpc) is 3.03. The fraction of sp³-hybridized carbons (Fsp3) is 0.583. The SMILES string of the molecule is O=C(O)[C@H]1[C@H]2CC[C@@H](C2)[C@@H]1C(=O)Nc1nccs1. The minimum absolute atomic E-state index is 0.176. The fourth-order valence-electron chi connectivity index (χ4n) is 3.50. The number of rotatable bonds is 3. The van der Waals surface area contributed by atoms with Gasteiger partial charge in [0.25, 0.3) is 0 Å². The Morgan fingerprint density at radius 1 is 1.33 bits per heavy atom. The van der Waals surface area contributed by atoms with E-state index < -0.39 is 11.9 Å². The van der Waals surface area contributed by atoms with Gasteiger partial charge in [0.2, 0.25) is 5.91 Å². The summed E-state index contributed by atoms with van der Waals surface area (Å²) in [6.07, 6.45) is 4.43. The van der Waals surface area contributed by atoms with Gasteiger partial charge in [0, 0.05) is 11.6 Å². The number of nitrogens with zero attached hydrogens (tertiary/aromatic N) is 1. The number of thiazole rings is 1. The van der Waals surface area contributed by atoms with Crippen LogP contribution in [-0.2, 0) is 9.59 Å². The maximum Gasteiger partial charge on any atom is 0.307 e. The second-order valence-corrected chi connectivity index (χ2v) is 5.94. The molecular weight excluding hydrogens is 252 g/mol. The van der Waals surface area contributed by atoms with Crippen molar-refractivity contribution < 1.29 is 14.7 Å². The Labute approximate surface area is 108 Å². The van der Waals surface area contributed by atoms with Crippen LogP contribution in [-0.4, -0.2) is 22.0 Å². The number of anilines is 1. The lowest BCUT2D eigenvalue weighted by Crippen LogP contribution is -2.37. The lowest BCUT2D eigenvalue weighted by Gasteiger charge is -2.26. The number of carboxylic acid groups (broad SMARTS) is 1. The molecule has 1 amide bonds. The van der Waals surface area contributed by atoms with E-state index in [9.17, 15) is 14.7 Å². The normalized spacial score (nSPS) is 33.6. The minimum atomic E-state index is -0.832. The third-order valence-electron chi connectivity index (χ3n) is 4.17. The zero-order chi connectivity index (χ0) is 12.7. The fourth-order valence-corrected chi connectivity index (χ4v) is 4.03. The van der Waals surface area contributed by atoms with Crippen LogP contribution in [0.1, 0.15) is 19.3 Å². The molecule has 2 bridgehead atoms. The van der Waals surface area contributed by atoms with Gasteiger partial charge >= 0.3 is 5.97 Å². The molecule has 1 aromatic rings. The molecule has 6 heteroatoms.